The van der Waals surface area contributed by atoms with E-state index in [-0.39, 0.29) is 30.7 Å². The van der Waals surface area contributed by atoms with Crippen molar-refractivity contribution in [1.29, 1.82) is 0 Å². The van der Waals surface area contributed by atoms with Crippen LogP contribution in [-0.4, -0.2) is 41.6 Å². The van der Waals surface area contributed by atoms with Crippen molar-refractivity contribution in [3.63, 3.8) is 0 Å². The number of nitrogens with one attached hydrogen (secondary N) is 1. The molecule has 1 aromatic rings. The quantitative estimate of drug-likeness (QED) is 0.828. The Hall–Kier alpha value is -2.08. The van der Waals surface area contributed by atoms with Gasteiger partial charge in [0.1, 0.15) is 6.61 Å². The summed E-state index contributed by atoms with van der Waals surface area (Å²) >= 11 is 0. The van der Waals surface area contributed by atoms with E-state index >= 15 is 0 Å². The van der Waals surface area contributed by atoms with Crippen LogP contribution < -0.4 is 11.1 Å². The van der Waals surface area contributed by atoms with Crippen molar-refractivity contribution >= 4 is 12.0 Å². The van der Waals surface area contributed by atoms with Crippen molar-refractivity contribution in [1.82, 2.24) is 10.2 Å². The Morgan fingerprint density at radius 1 is 1.24 bits per heavy atom. The van der Waals surface area contributed by atoms with Gasteiger partial charge in [-0.05, 0) is 45.1 Å². The van der Waals surface area contributed by atoms with Gasteiger partial charge in [-0.2, -0.15) is 0 Å². The third-order valence-electron chi connectivity index (χ3n) is 4.68. The number of amides is 2. The molecule has 1 atom stereocenters. The number of nitrogens with zero attached hydrogens (tertiary/aromatic N) is 1. The second kappa shape index (κ2) is 9.42. The number of hydrogen-bond acceptors (Lipinski definition) is 4. The lowest BCUT2D eigenvalue weighted by Gasteiger charge is -2.36. The Bertz CT molecular complexity index is 554. The van der Waals surface area contributed by atoms with E-state index in [2.05, 4.69) is 5.32 Å². The summed E-state index contributed by atoms with van der Waals surface area (Å²) in [6, 6.07) is 9.50. The van der Waals surface area contributed by atoms with Gasteiger partial charge in [0.25, 0.3) is 0 Å². The molecule has 1 saturated carbocycles. The maximum Gasteiger partial charge on any atom is 0.410 e. The van der Waals surface area contributed by atoms with Gasteiger partial charge in [0.2, 0.25) is 5.91 Å². The summed E-state index contributed by atoms with van der Waals surface area (Å²) in [5.41, 5.74) is 6.57. The molecule has 3 N–H and O–H groups in total. The highest BCUT2D eigenvalue weighted by Gasteiger charge is 2.29. The van der Waals surface area contributed by atoms with Crippen LogP contribution in [0.15, 0.2) is 30.3 Å². The molecule has 2 amide bonds. The lowest BCUT2D eigenvalue weighted by atomic mass is 9.90. The molecule has 2 rings (SSSR count). The summed E-state index contributed by atoms with van der Waals surface area (Å²) in [4.78, 5) is 25.9. The summed E-state index contributed by atoms with van der Waals surface area (Å²) in [6.07, 6.45) is 3.16. The zero-order valence-corrected chi connectivity index (χ0v) is 15.1. The first kappa shape index (κ1) is 19.2. The van der Waals surface area contributed by atoms with Gasteiger partial charge in [-0.25, -0.2) is 4.79 Å². The Morgan fingerprint density at radius 2 is 1.88 bits per heavy atom. The summed E-state index contributed by atoms with van der Waals surface area (Å²) in [6.45, 7) is 4.56. The monoisotopic (exact) mass is 347 g/mol. The molecular formula is C19H29N3O3. The third kappa shape index (κ3) is 5.74. The largest absolute Gasteiger partial charge is 0.445 e. The minimum atomic E-state index is -0.488. The van der Waals surface area contributed by atoms with Crippen LogP contribution in [0.25, 0.3) is 0 Å². The fourth-order valence-corrected chi connectivity index (χ4v) is 3.20. The highest BCUT2D eigenvalue weighted by atomic mass is 16.6. The molecule has 1 aliphatic carbocycles. The van der Waals surface area contributed by atoms with Gasteiger partial charge in [0.05, 0.1) is 6.04 Å². The normalized spacial score (nSPS) is 21.2. The number of nitrogens with two attached hydrogens (primary N) is 1. The van der Waals surface area contributed by atoms with Crippen LogP contribution >= 0.6 is 0 Å². The first-order chi connectivity index (χ1) is 12.0. The van der Waals surface area contributed by atoms with E-state index in [1.165, 1.54) is 0 Å². The summed E-state index contributed by atoms with van der Waals surface area (Å²) in [5, 5.41) is 2.97. The van der Waals surface area contributed by atoms with Gasteiger partial charge >= 0.3 is 6.09 Å². The second-order valence-corrected chi connectivity index (χ2v) is 6.63. The van der Waals surface area contributed by atoms with Gasteiger partial charge in [-0.3, -0.25) is 4.79 Å². The van der Waals surface area contributed by atoms with E-state index in [1.807, 2.05) is 37.3 Å². The van der Waals surface area contributed by atoms with Crippen molar-refractivity contribution in [3.8, 4) is 0 Å². The van der Waals surface area contributed by atoms with Gasteiger partial charge in [0.15, 0.2) is 0 Å². The third-order valence-corrected chi connectivity index (χ3v) is 4.68. The fraction of sp³-hybridized carbons (Fsp3) is 0.579. The molecular weight excluding hydrogens is 318 g/mol. The van der Waals surface area contributed by atoms with E-state index in [1.54, 1.807) is 11.8 Å². The second-order valence-electron chi connectivity index (χ2n) is 6.63. The van der Waals surface area contributed by atoms with E-state index in [0.29, 0.717) is 6.54 Å². The van der Waals surface area contributed by atoms with Gasteiger partial charge in [0, 0.05) is 18.6 Å². The smallest absolute Gasteiger partial charge is 0.410 e. The Balaban J connectivity index is 1.80. The highest BCUT2D eigenvalue weighted by molar-refractivity contribution is 5.81. The standard InChI is InChI=1S/C19H29N3O3/c1-3-22(19(24)25-13-15-7-5-4-6-8-15)17-11-9-16(10-12-17)21-18(23)14(2)20/h4-8,14,16-17H,3,9-13,20H2,1-2H3,(H,21,23). The number of benzene rings is 1. The summed E-state index contributed by atoms with van der Waals surface area (Å²) in [7, 11) is 0. The number of rotatable bonds is 6. The molecule has 6 heteroatoms. The topological polar surface area (TPSA) is 84.7 Å². The van der Waals surface area contributed by atoms with Crippen LogP contribution in [-0.2, 0) is 16.1 Å². The lowest BCUT2D eigenvalue weighted by Crippen LogP contribution is -2.48. The minimum absolute atomic E-state index is 0.113. The van der Waals surface area contributed by atoms with Crippen LogP contribution in [0.2, 0.25) is 0 Å². The molecule has 0 aliphatic heterocycles. The summed E-state index contributed by atoms with van der Waals surface area (Å²) in [5.74, 6) is -0.113. The minimum Gasteiger partial charge on any atom is -0.445 e. The van der Waals surface area contributed by atoms with Crippen LogP contribution in [0.3, 0.4) is 0 Å². The molecule has 1 aliphatic rings. The molecule has 0 aromatic heterocycles. The van der Waals surface area contributed by atoms with Crippen molar-refractivity contribution in [2.75, 3.05) is 6.54 Å². The van der Waals surface area contributed by atoms with Gasteiger partial charge in [-0.1, -0.05) is 30.3 Å². The van der Waals surface area contributed by atoms with Crippen molar-refractivity contribution < 1.29 is 14.3 Å². The average molecular weight is 347 g/mol. The molecule has 0 saturated heterocycles. The molecule has 0 radical (unpaired) electrons. The van der Waals surface area contributed by atoms with Crippen molar-refractivity contribution in [2.45, 2.75) is 64.3 Å². The Labute approximate surface area is 149 Å². The van der Waals surface area contributed by atoms with Crippen LogP contribution in [0.4, 0.5) is 4.79 Å². The molecule has 1 aromatic carbocycles. The SMILES string of the molecule is CCN(C(=O)OCc1ccccc1)C1CCC(NC(=O)C(C)N)CC1. The average Bonchev–Trinajstić information content (AvgIpc) is 2.62. The first-order valence-electron chi connectivity index (χ1n) is 9.04. The van der Waals surface area contributed by atoms with Crippen molar-refractivity contribution in [3.05, 3.63) is 35.9 Å². The van der Waals surface area contributed by atoms with E-state index in [0.717, 1.165) is 31.2 Å². The highest BCUT2D eigenvalue weighted by Crippen LogP contribution is 2.24. The molecule has 6 nitrogen and oxygen atoms in total. The van der Waals surface area contributed by atoms with Crippen molar-refractivity contribution in [2.24, 2.45) is 5.73 Å². The molecule has 1 fully saturated rings. The molecule has 25 heavy (non-hydrogen) atoms. The van der Waals surface area contributed by atoms with Gasteiger partial charge in [-0.15, -0.1) is 0 Å². The molecule has 0 heterocycles. The lowest BCUT2D eigenvalue weighted by molar-refractivity contribution is -0.123. The predicted molar refractivity (Wildman–Crippen MR) is 96.8 cm³/mol. The van der Waals surface area contributed by atoms with E-state index in [4.69, 9.17) is 10.5 Å². The molecule has 0 bridgehead atoms. The summed E-state index contributed by atoms with van der Waals surface area (Å²) < 4.78 is 5.46. The maximum absolute atomic E-state index is 12.4. The van der Waals surface area contributed by atoms with E-state index in [9.17, 15) is 9.59 Å². The zero-order valence-electron chi connectivity index (χ0n) is 15.1. The first-order valence-corrected chi connectivity index (χ1v) is 9.04. The van der Waals surface area contributed by atoms with E-state index < -0.39 is 6.04 Å². The number of carbonyl (C=O) groups is 2. The Morgan fingerprint density at radius 3 is 2.44 bits per heavy atom. The number of carbonyl (C=O) groups excluding carboxylic acids is 2. The van der Waals surface area contributed by atoms with Crippen LogP contribution in [0, 0.1) is 0 Å². The molecule has 1 unspecified atom stereocenters. The molecule has 138 valence electrons. The predicted octanol–water partition coefficient (Wildman–Crippen LogP) is 2.42. The van der Waals surface area contributed by atoms with Gasteiger partial charge < -0.3 is 20.7 Å². The fourth-order valence-electron chi connectivity index (χ4n) is 3.20. The van der Waals surface area contributed by atoms with Crippen LogP contribution in [0.5, 0.6) is 0 Å². The number of hydrogen-bond donors (Lipinski definition) is 2. The zero-order chi connectivity index (χ0) is 18.2. The Kier molecular flexibility index (Phi) is 7.25. The molecule has 0 spiro atoms. The number of ether oxygens (including phenoxy) is 1. The maximum atomic E-state index is 12.4. The van der Waals surface area contributed by atoms with Crippen LogP contribution in [0.1, 0.15) is 45.1 Å².